The molecule has 0 aliphatic heterocycles. The van der Waals surface area contributed by atoms with E-state index in [1.54, 1.807) is 0 Å². The summed E-state index contributed by atoms with van der Waals surface area (Å²) in [5.74, 6) is -0.0799. The van der Waals surface area contributed by atoms with Gasteiger partial charge in [-0.3, -0.25) is 4.79 Å². The van der Waals surface area contributed by atoms with Crippen molar-refractivity contribution in [3.05, 3.63) is 57.0 Å². The van der Waals surface area contributed by atoms with Crippen LogP contribution in [0.15, 0.2) is 51.4 Å². The Morgan fingerprint density at radius 1 is 1.10 bits per heavy atom. The van der Waals surface area contributed by atoms with Gasteiger partial charge in [-0.2, -0.15) is 0 Å². The van der Waals surface area contributed by atoms with Crippen LogP contribution in [0.1, 0.15) is 5.56 Å². The van der Waals surface area contributed by atoms with E-state index in [1.807, 2.05) is 49.4 Å². The Balaban J connectivity index is 1.90. The van der Waals surface area contributed by atoms with E-state index in [-0.39, 0.29) is 12.5 Å². The van der Waals surface area contributed by atoms with E-state index < -0.39 is 0 Å². The summed E-state index contributed by atoms with van der Waals surface area (Å²) < 4.78 is 1.99. The van der Waals surface area contributed by atoms with Gasteiger partial charge in [-0.05, 0) is 48.9 Å². The van der Waals surface area contributed by atoms with Gasteiger partial charge in [-0.15, -0.1) is 0 Å². The van der Waals surface area contributed by atoms with Gasteiger partial charge >= 0.3 is 0 Å². The molecule has 1 amide bonds. The first-order valence-electron chi connectivity index (χ1n) is 6.10. The molecular formula is C15H14Br2N2O. The summed E-state index contributed by atoms with van der Waals surface area (Å²) in [5.41, 5.74) is 2.83. The zero-order valence-electron chi connectivity index (χ0n) is 10.9. The first-order valence-corrected chi connectivity index (χ1v) is 7.68. The molecule has 0 heterocycles. The second-order valence-corrected chi connectivity index (χ2v) is 6.15. The van der Waals surface area contributed by atoms with Crippen molar-refractivity contribution in [3.8, 4) is 0 Å². The van der Waals surface area contributed by atoms with Gasteiger partial charge in [0.2, 0.25) is 5.91 Å². The van der Waals surface area contributed by atoms with E-state index >= 15 is 0 Å². The van der Waals surface area contributed by atoms with Crippen LogP contribution in [0.25, 0.3) is 0 Å². The van der Waals surface area contributed by atoms with Crippen LogP contribution in [-0.2, 0) is 4.79 Å². The molecule has 2 rings (SSSR count). The summed E-state index contributed by atoms with van der Waals surface area (Å²) in [7, 11) is 0. The van der Waals surface area contributed by atoms with Crippen LogP contribution in [0, 0.1) is 6.92 Å². The summed E-state index contributed by atoms with van der Waals surface area (Å²) in [5, 5.41) is 5.94. The third-order valence-electron chi connectivity index (χ3n) is 2.72. The third-order valence-corrected chi connectivity index (χ3v) is 4.10. The highest BCUT2D eigenvalue weighted by Gasteiger charge is 2.03. The quantitative estimate of drug-likeness (QED) is 0.793. The number of hydrogen-bond donors (Lipinski definition) is 2. The number of anilines is 2. The van der Waals surface area contributed by atoms with Crippen LogP contribution in [-0.4, -0.2) is 12.5 Å². The monoisotopic (exact) mass is 396 g/mol. The van der Waals surface area contributed by atoms with Crippen LogP contribution in [0.5, 0.6) is 0 Å². The molecule has 2 N–H and O–H groups in total. The van der Waals surface area contributed by atoms with Crippen LogP contribution in [0.3, 0.4) is 0 Å². The number of benzene rings is 2. The standard InChI is InChI=1S/C15H14Br2N2O/c1-10-7-12(5-6-14(10)17)18-9-15(20)19-13-4-2-3-11(16)8-13/h2-8,18H,9H2,1H3,(H,19,20). The fourth-order valence-electron chi connectivity index (χ4n) is 1.71. The van der Waals surface area contributed by atoms with Gasteiger partial charge in [0, 0.05) is 20.3 Å². The minimum Gasteiger partial charge on any atom is -0.376 e. The van der Waals surface area contributed by atoms with E-state index in [4.69, 9.17) is 0 Å². The number of hydrogen-bond acceptors (Lipinski definition) is 2. The molecule has 0 bridgehead atoms. The summed E-state index contributed by atoms with van der Waals surface area (Å²) in [4.78, 5) is 11.9. The number of amides is 1. The first-order chi connectivity index (χ1) is 9.54. The Labute approximate surface area is 135 Å². The molecule has 0 aliphatic carbocycles. The molecule has 0 aromatic heterocycles. The topological polar surface area (TPSA) is 41.1 Å². The number of carbonyl (C=O) groups is 1. The zero-order chi connectivity index (χ0) is 14.5. The van der Waals surface area contributed by atoms with Crippen molar-refractivity contribution >= 4 is 49.1 Å². The van der Waals surface area contributed by atoms with E-state index in [0.717, 1.165) is 25.9 Å². The lowest BCUT2D eigenvalue weighted by atomic mass is 10.2. The number of rotatable bonds is 4. The van der Waals surface area contributed by atoms with Crippen molar-refractivity contribution in [2.45, 2.75) is 6.92 Å². The van der Waals surface area contributed by atoms with Crippen LogP contribution in [0.4, 0.5) is 11.4 Å². The van der Waals surface area contributed by atoms with E-state index in [2.05, 4.69) is 42.5 Å². The van der Waals surface area contributed by atoms with Crippen LogP contribution < -0.4 is 10.6 Å². The molecule has 104 valence electrons. The third kappa shape index (κ3) is 4.35. The predicted octanol–water partition coefficient (Wildman–Crippen LogP) is 4.57. The molecule has 0 saturated heterocycles. The number of carbonyl (C=O) groups excluding carboxylic acids is 1. The molecule has 0 radical (unpaired) electrons. The Morgan fingerprint density at radius 3 is 2.60 bits per heavy atom. The number of nitrogens with one attached hydrogen (secondary N) is 2. The highest BCUT2D eigenvalue weighted by Crippen LogP contribution is 2.20. The molecule has 2 aromatic carbocycles. The largest absolute Gasteiger partial charge is 0.376 e. The van der Waals surface area contributed by atoms with Gasteiger partial charge in [-0.1, -0.05) is 37.9 Å². The second-order valence-electron chi connectivity index (χ2n) is 4.38. The lowest BCUT2D eigenvalue weighted by Gasteiger charge is -2.09. The average molecular weight is 398 g/mol. The lowest BCUT2D eigenvalue weighted by Crippen LogP contribution is -2.21. The van der Waals surface area contributed by atoms with E-state index in [1.165, 1.54) is 0 Å². The van der Waals surface area contributed by atoms with Gasteiger partial charge in [0.15, 0.2) is 0 Å². The molecule has 2 aromatic rings. The zero-order valence-corrected chi connectivity index (χ0v) is 14.1. The summed E-state index contributed by atoms with van der Waals surface area (Å²) >= 11 is 6.82. The SMILES string of the molecule is Cc1cc(NCC(=O)Nc2cccc(Br)c2)ccc1Br. The summed E-state index contributed by atoms with van der Waals surface area (Å²) in [6, 6.07) is 13.4. The van der Waals surface area contributed by atoms with Gasteiger partial charge < -0.3 is 10.6 Å². The number of aryl methyl sites for hydroxylation is 1. The first kappa shape index (κ1) is 15.1. The van der Waals surface area contributed by atoms with Gasteiger partial charge in [0.25, 0.3) is 0 Å². The molecule has 20 heavy (non-hydrogen) atoms. The van der Waals surface area contributed by atoms with Crippen molar-refractivity contribution in [1.82, 2.24) is 0 Å². The minimum atomic E-state index is -0.0799. The van der Waals surface area contributed by atoms with E-state index in [0.29, 0.717) is 0 Å². The van der Waals surface area contributed by atoms with Crippen LogP contribution >= 0.6 is 31.9 Å². The maximum Gasteiger partial charge on any atom is 0.243 e. The molecular weight excluding hydrogens is 384 g/mol. The molecule has 0 unspecified atom stereocenters. The molecule has 0 fully saturated rings. The van der Waals surface area contributed by atoms with Crippen molar-refractivity contribution in [1.29, 1.82) is 0 Å². The molecule has 5 heteroatoms. The Morgan fingerprint density at radius 2 is 1.90 bits per heavy atom. The second kappa shape index (κ2) is 6.90. The van der Waals surface area contributed by atoms with Crippen molar-refractivity contribution in [2.75, 3.05) is 17.2 Å². The molecule has 0 aliphatic rings. The van der Waals surface area contributed by atoms with E-state index in [9.17, 15) is 4.79 Å². The molecule has 0 spiro atoms. The lowest BCUT2D eigenvalue weighted by molar-refractivity contribution is -0.114. The van der Waals surface area contributed by atoms with Gasteiger partial charge in [0.1, 0.15) is 0 Å². The van der Waals surface area contributed by atoms with Crippen LogP contribution in [0.2, 0.25) is 0 Å². The maximum atomic E-state index is 11.9. The summed E-state index contributed by atoms with van der Waals surface area (Å²) in [6.07, 6.45) is 0. The average Bonchev–Trinajstić information content (AvgIpc) is 2.40. The predicted molar refractivity (Wildman–Crippen MR) is 90.1 cm³/mol. The Hall–Kier alpha value is -1.33. The summed E-state index contributed by atoms with van der Waals surface area (Å²) in [6.45, 7) is 2.24. The smallest absolute Gasteiger partial charge is 0.243 e. The van der Waals surface area contributed by atoms with Crippen molar-refractivity contribution in [3.63, 3.8) is 0 Å². The molecule has 0 saturated carbocycles. The normalized spacial score (nSPS) is 10.2. The number of halogens is 2. The molecule has 3 nitrogen and oxygen atoms in total. The highest BCUT2D eigenvalue weighted by molar-refractivity contribution is 9.10. The fraction of sp³-hybridized carbons (Fsp3) is 0.133. The fourth-order valence-corrected chi connectivity index (χ4v) is 2.35. The highest BCUT2D eigenvalue weighted by atomic mass is 79.9. The van der Waals surface area contributed by atoms with Gasteiger partial charge in [0.05, 0.1) is 6.54 Å². The Bertz CT molecular complexity index is 629. The maximum absolute atomic E-state index is 11.9. The van der Waals surface area contributed by atoms with Crippen molar-refractivity contribution < 1.29 is 4.79 Å². The molecule has 0 atom stereocenters. The van der Waals surface area contributed by atoms with Gasteiger partial charge in [-0.25, -0.2) is 0 Å². The minimum absolute atomic E-state index is 0.0799. The Kier molecular flexibility index (Phi) is 5.20. The van der Waals surface area contributed by atoms with Crippen molar-refractivity contribution in [2.24, 2.45) is 0 Å².